The molecule has 1 aliphatic heterocycles. The molecule has 0 aromatic heterocycles. The summed E-state index contributed by atoms with van der Waals surface area (Å²) in [7, 11) is 1.95. The van der Waals surface area contributed by atoms with Gasteiger partial charge in [-0.15, -0.1) is 0 Å². The molecule has 4 nitrogen and oxygen atoms in total. The van der Waals surface area contributed by atoms with Crippen LogP contribution in [0.25, 0.3) is 0 Å². The molecule has 0 radical (unpaired) electrons. The predicted molar refractivity (Wildman–Crippen MR) is 62.8 cm³/mol. The third kappa shape index (κ3) is 2.43. The average molecular weight is 256 g/mol. The summed E-state index contributed by atoms with van der Waals surface area (Å²) in [5, 5.41) is 11.6. The number of benzene rings is 1. The van der Waals surface area contributed by atoms with Crippen LogP contribution < -0.4 is 5.32 Å². The highest BCUT2D eigenvalue weighted by atomic mass is 19.2. The van der Waals surface area contributed by atoms with Crippen molar-refractivity contribution in [3.05, 3.63) is 29.3 Å². The lowest BCUT2D eigenvalue weighted by molar-refractivity contribution is 0.0690. The van der Waals surface area contributed by atoms with Gasteiger partial charge in [-0.3, -0.25) is 0 Å². The van der Waals surface area contributed by atoms with Crippen molar-refractivity contribution in [1.29, 1.82) is 0 Å². The number of carboxylic acids is 1. The van der Waals surface area contributed by atoms with E-state index in [4.69, 9.17) is 5.11 Å². The van der Waals surface area contributed by atoms with Gasteiger partial charge >= 0.3 is 5.97 Å². The fourth-order valence-electron chi connectivity index (χ4n) is 2.10. The van der Waals surface area contributed by atoms with Crippen LogP contribution in [-0.4, -0.2) is 42.2 Å². The smallest absolute Gasteiger partial charge is 0.338 e. The minimum absolute atomic E-state index is 0.0119. The van der Waals surface area contributed by atoms with Gasteiger partial charge in [-0.2, -0.15) is 0 Å². The average Bonchev–Trinajstić information content (AvgIpc) is 2.70. The minimum Gasteiger partial charge on any atom is -0.478 e. The van der Waals surface area contributed by atoms with Gasteiger partial charge in [-0.1, -0.05) is 0 Å². The van der Waals surface area contributed by atoms with Crippen LogP contribution in [0, 0.1) is 11.6 Å². The fraction of sp³-hybridized carbons (Fsp3) is 0.417. The number of carboxylic acid groups (broad SMARTS) is 1. The number of halogens is 2. The largest absolute Gasteiger partial charge is 0.478 e. The van der Waals surface area contributed by atoms with Crippen molar-refractivity contribution in [2.24, 2.45) is 0 Å². The number of anilines is 1. The molecule has 1 aromatic rings. The molecule has 0 saturated carbocycles. The molecule has 2 N–H and O–H groups in total. The Morgan fingerprint density at radius 2 is 2.17 bits per heavy atom. The molecule has 1 saturated heterocycles. The molecule has 1 atom stereocenters. The van der Waals surface area contributed by atoms with E-state index in [-0.39, 0.29) is 11.7 Å². The van der Waals surface area contributed by atoms with Crippen LogP contribution in [0.15, 0.2) is 12.1 Å². The summed E-state index contributed by atoms with van der Waals surface area (Å²) in [4.78, 5) is 12.7. The van der Waals surface area contributed by atoms with Gasteiger partial charge < -0.3 is 15.3 Å². The van der Waals surface area contributed by atoms with Crippen molar-refractivity contribution in [2.45, 2.75) is 12.5 Å². The lowest BCUT2D eigenvalue weighted by atomic mass is 10.1. The first-order chi connectivity index (χ1) is 8.49. The van der Waals surface area contributed by atoms with Crippen LogP contribution in [0.3, 0.4) is 0 Å². The fourth-order valence-corrected chi connectivity index (χ4v) is 2.10. The van der Waals surface area contributed by atoms with E-state index < -0.39 is 23.2 Å². The Hall–Kier alpha value is -1.69. The number of likely N-dealkylation sites (tertiary alicyclic amines) is 1. The Morgan fingerprint density at radius 1 is 1.44 bits per heavy atom. The standard InChI is InChI=1S/C12H14F2N2O2/c1-16-5-4-7(6-16)15-9-3-2-8(12(17)18)10(13)11(9)14/h2-3,7,15H,4-6H2,1H3,(H,17,18). The van der Waals surface area contributed by atoms with Crippen LogP contribution >= 0.6 is 0 Å². The second-order valence-corrected chi connectivity index (χ2v) is 4.49. The molecule has 0 bridgehead atoms. The summed E-state index contributed by atoms with van der Waals surface area (Å²) in [6.45, 7) is 1.65. The number of likely N-dealkylation sites (N-methyl/N-ethyl adjacent to an activating group) is 1. The van der Waals surface area contributed by atoms with E-state index in [1.54, 1.807) is 0 Å². The molecular weight excluding hydrogens is 242 g/mol. The topological polar surface area (TPSA) is 52.6 Å². The third-order valence-corrected chi connectivity index (χ3v) is 3.06. The van der Waals surface area contributed by atoms with Gasteiger partial charge in [0.1, 0.15) is 0 Å². The maximum absolute atomic E-state index is 13.7. The second kappa shape index (κ2) is 4.89. The number of hydrogen-bond acceptors (Lipinski definition) is 3. The molecular formula is C12H14F2N2O2. The van der Waals surface area contributed by atoms with Crippen LogP contribution in [0.2, 0.25) is 0 Å². The second-order valence-electron chi connectivity index (χ2n) is 4.49. The Balaban J connectivity index is 2.19. The molecule has 1 aromatic carbocycles. The van der Waals surface area contributed by atoms with E-state index in [2.05, 4.69) is 10.2 Å². The van der Waals surface area contributed by atoms with Crippen molar-refractivity contribution in [2.75, 3.05) is 25.5 Å². The van der Waals surface area contributed by atoms with E-state index in [1.165, 1.54) is 6.07 Å². The Bertz CT molecular complexity index is 479. The normalized spacial score (nSPS) is 20.1. The molecule has 18 heavy (non-hydrogen) atoms. The molecule has 1 aliphatic rings. The quantitative estimate of drug-likeness (QED) is 0.865. The maximum Gasteiger partial charge on any atom is 0.338 e. The first kappa shape index (κ1) is 12.8. The lowest BCUT2D eigenvalue weighted by Gasteiger charge is -2.15. The van der Waals surface area contributed by atoms with Gasteiger partial charge in [0.2, 0.25) is 0 Å². The third-order valence-electron chi connectivity index (χ3n) is 3.06. The molecule has 1 unspecified atom stereocenters. The number of aromatic carboxylic acids is 1. The summed E-state index contributed by atoms with van der Waals surface area (Å²) in [5.74, 6) is -3.93. The SMILES string of the molecule is CN1CCC(Nc2ccc(C(=O)O)c(F)c2F)C1. The molecule has 0 amide bonds. The summed E-state index contributed by atoms with van der Waals surface area (Å²) in [6, 6.07) is 2.39. The molecule has 6 heteroatoms. The zero-order valence-corrected chi connectivity index (χ0v) is 9.91. The van der Waals surface area contributed by atoms with E-state index >= 15 is 0 Å². The van der Waals surface area contributed by atoms with Crippen LogP contribution in [0.4, 0.5) is 14.5 Å². The first-order valence-corrected chi connectivity index (χ1v) is 5.65. The first-order valence-electron chi connectivity index (χ1n) is 5.65. The Labute approximate surface area is 103 Å². The van der Waals surface area contributed by atoms with Crippen LogP contribution in [0.1, 0.15) is 16.8 Å². The molecule has 2 rings (SSSR count). The minimum atomic E-state index is -1.47. The van der Waals surface area contributed by atoms with Gasteiger partial charge in [0.25, 0.3) is 0 Å². The summed E-state index contributed by atoms with van der Waals surface area (Å²) in [5.41, 5.74) is -0.639. The van der Waals surface area contributed by atoms with E-state index in [9.17, 15) is 13.6 Å². The van der Waals surface area contributed by atoms with Gasteiger partial charge in [-0.05, 0) is 32.1 Å². The summed E-state index contributed by atoms with van der Waals surface area (Å²) in [6.07, 6.45) is 0.845. The molecule has 1 heterocycles. The predicted octanol–water partition coefficient (Wildman–Crippen LogP) is 1.78. The summed E-state index contributed by atoms with van der Waals surface area (Å²) >= 11 is 0. The van der Waals surface area contributed by atoms with Crippen molar-refractivity contribution in [3.8, 4) is 0 Å². The van der Waals surface area contributed by atoms with Gasteiger partial charge in [0, 0.05) is 12.6 Å². The molecule has 0 spiro atoms. The van der Waals surface area contributed by atoms with E-state index in [0.29, 0.717) is 0 Å². The zero-order valence-electron chi connectivity index (χ0n) is 9.91. The Kier molecular flexibility index (Phi) is 3.47. The van der Waals surface area contributed by atoms with Crippen LogP contribution in [0.5, 0.6) is 0 Å². The zero-order chi connectivity index (χ0) is 13.3. The molecule has 1 fully saturated rings. The molecule has 98 valence electrons. The highest BCUT2D eigenvalue weighted by molar-refractivity contribution is 5.88. The Morgan fingerprint density at radius 3 is 2.72 bits per heavy atom. The molecule has 0 aliphatic carbocycles. The number of nitrogens with one attached hydrogen (secondary N) is 1. The lowest BCUT2D eigenvalue weighted by Crippen LogP contribution is -2.24. The summed E-state index contributed by atoms with van der Waals surface area (Å²) < 4.78 is 27.1. The number of hydrogen-bond donors (Lipinski definition) is 2. The van der Waals surface area contributed by atoms with Crippen LogP contribution in [-0.2, 0) is 0 Å². The van der Waals surface area contributed by atoms with Gasteiger partial charge in [0.15, 0.2) is 11.6 Å². The van der Waals surface area contributed by atoms with Gasteiger partial charge in [-0.25, -0.2) is 13.6 Å². The monoisotopic (exact) mass is 256 g/mol. The number of nitrogens with zero attached hydrogens (tertiary/aromatic N) is 1. The van der Waals surface area contributed by atoms with Crippen molar-refractivity contribution < 1.29 is 18.7 Å². The maximum atomic E-state index is 13.7. The highest BCUT2D eigenvalue weighted by Gasteiger charge is 2.23. The number of carbonyl (C=O) groups is 1. The van der Waals surface area contributed by atoms with E-state index in [0.717, 1.165) is 25.6 Å². The van der Waals surface area contributed by atoms with Crippen molar-refractivity contribution in [1.82, 2.24) is 4.90 Å². The number of rotatable bonds is 3. The highest BCUT2D eigenvalue weighted by Crippen LogP contribution is 2.23. The van der Waals surface area contributed by atoms with E-state index in [1.807, 2.05) is 7.05 Å². The van der Waals surface area contributed by atoms with Crippen molar-refractivity contribution in [3.63, 3.8) is 0 Å². The van der Waals surface area contributed by atoms with Gasteiger partial charge in [0.05, 0.1) is 11.3 Å². The van der Waals surface area contributed by atoms with Crippen molar-refractivity contribution >= 4 is 11.7 Å².